The van der Waals surface area contributed by atoms with Gasteiger partial charge in [-0.25, -0.2) is 0 Å². The van der Waals surface area contributed by atoms with Crippen LogP contribution in [0.4, 0.5) is 0 Å². The maximum Gasteiger partial charge on any atom is 0.306 e. The number of unbranched alkanes of at least 4 members (excludes halogenated alkanes) is 40. The number of esters is 2. The van der Waals surface area contributed by atoms with Gasteiger partial charge in [0.05, 0.1) is 6.61 Å². The number of allylic oxidation sites excluding steroid dienone is 8. The maximum absolute atomic E-state index is 12.3. The first-order chi connectivity index (χ1) is 33.6. The number of hydrogen-bond acceptors (Lipinski definition) is 5. The van der Waals surface area contributed by atoms with Crippen LogP contribution in [0.5, 0.6) is 0 Å². The molecule has 1 atom stereocenters. The van der Waals surface area contributed by atoms with Crippen LogP contribution >= 0.6 is 0 Å². The lowest BCUT2D eigenvalue weighted by Crippen LogP contribution is -2.28. The molecular formula is C63H116O5. The predicted molar refractivity (Wildman–Crippen MR) is 297 cm³/mol. The van der Waals surface area contributed by atoms with E-state index in [1.54, 1.807) is 0 Å². The Morgan fingerprint density at radius 1 is 0.338 bits per heavy atom. The molecule has 5 nitrogen and oxygen atoms in total. The van der Waals surface area contributed by atoms with Crippen molar-refractivity contribution in [3.8, 4) is 0 Å². The molecule has 0 aromatic heterocycles. The Kier molecular flexibility index (Phi) is 57.3. The maximum atomic E-state index is 12.3. The SMILES string of the molecule is CCCCCCC/C=C\C/C=C\C/C=C\CCCCCCCCCCCCCCCCCCC(=O)OC(CO)COC(=O)CCCCCCCCCCCCC/C=C\CCCCCCCCCC. The zero-order valence-corrected chi connectivity index (χ0v) is 45.6. The highest BCUT2D eigenvalue weighted by atomic mass is 16.6. The number of rotatable bonds is 56. The van der Waals surface area contributed by atoms with Crippen LogP contribution in [0.2, 0.25) is 0 Å². The van der Waals surface area contributed by atoms with E-state index < -0.39 is 6.10 Å². The molecule has 0 bridgehead atoms. The fraction of sp³-hybridized carbons (Fsp3) is 0.841. The summed E-state index contributed by atoms with van der Waals surface area (Å²) >= 11 is 0. The highest BCUT2D eigenvalue weighted by Crippen LogP contribution is 2.17. The molecular weight excluding hydrogens is 837 g/mol. The summed E-state index contributed by atoms with van der Waals surface area (Å²) in [4.78, 5) is 24.6. The average Bonchev–Trinajstić information content (AvgIpc) is 3.34. The van der Waals surface area contributed by atoms with E-state index in [1.165, 1.54) is 244 Å². The Labute approximate surface area is 424 Å². The van der Waals surface area contributed by atoms with Gasteiger partial charge in [0.2, 0.25) is 0 Å². The molecule has 0 aliphatic carbocycles. The Morgan fingerprint density at radius 3 is 0.897 bits per heavy atom. The van der Waals surface area contributed by atoms with Gasteiger partial charge in [-0.1, -0.05) is 281 Å². The van der Waals surface area contributed by atoms with Crippen LogP contribution in [0.15, 0.2) is 48.6 Å². The smallest absolute Gasteiger partial charge is 0.306 e. The van der Waals surface area contributed by atoms with Crippen LogP contribution in [0, 0.1) is 0 Å². The Balaban J connectivity index is 3.44. The van der Waals surface area contributed by atoms with Crippen molar-refractivity contribution in [3.63, 3.8) is 0 Å². The van der Waals surface area contributed by atoms with Gasteiger partial charge in [0, 0.05) is 12.8 Å². The van der Waals surface area contributed by atoms with Crippen molar-refractivity contribution in [2.45, 2.75) is 328 Å². The second kappa shape index (κ2) is 59.2. The summed E-state index contributed by atoms with van der Waals surface area (Å²) in [5.74, 6) is -0.577. The van der Waals surface area contributed by atoms with Gasteiger partial charge in [0.25, 0.3) is 0 Å². The normalized spacial score (nSPS) is 12.5. The van der Waals surface area contributed by atoms with Crippen molar-refractivity contribution in [1.82, 2.24) is 0 Å². The minimum Gasteiger partial charge on any atom is -0.462 e. The van der Waals surface area contributed by atoms with Gasteiger partial charge in [-0.15, -0.1) is 0 Å². The first kappa shape index (κ1) is 65.9. The van der Waals surface area contributed by atoms with Gasteiger partial charge in [-0.05, 0) is 77.0 Å². The molecule has 0 amide bonds. The molecule has 398 valence electrons. The summed E-state index contributed by atoms with van der Waals surface area (Å²) in [7, 11) is 0. The van der Waals surface area contributed by atoms with Crippen LogP contribution in [-0.2, 0) is 19.1 Å². The first-order valence-corrected chi connectivity index (χ1v) is 30.2. The van der Waals surface area contributed by atoms with Gasteiger partial charge >= 0.3 is 11.9 Å². The molecule has 0 heterocycles. The van der Waals surface area contributed by atoms with E-state index in [1.807, 2.05) is 0 Å². The third-order valence-electron chi connectivity index (χ3n) is 13.6. The van der Waals surface area contributed by atoms with Gasteiger partial charge < -0.3 is 14.6 Å². The summed E-state index contributed by atoms with van der Waals surface area (Å²) in [6, 6.07) is 0. The fourth-order valence-corrected chi connectivity index (χ4v) is 9.03. The minimum absolute atomic E-state index is 0.0632. The van der Waals surface area contributed by atoms with Crippen molar-refractivity contribution in [2.75, 3.05) is 13.2 Å². The number of carbonyl (C=O) groups is 2. The van der Waals surface area contributed by atoms with E-state index in [0.29, 0.717) is 12.8 Å². The molecule has 1 unspecified atom stereocenters. The molecule has 0 saturated heterocycles. The van der Waals surface area contributed by atoms with Crippen LogP contribution in [0.1, 0.15) is 322 Å². The van der Waals surface area contributed by atoms with Gasteiger partial charge in [-0.2, -0.15) is 0 Å². The second-order valence-electron chi connectivity index (χ2n) is 20.4. The quantitative estimate of drug-likeness (QED) is 0.0374. The van der Waals surface area contributed by atoms with Crippen molar-refractivity contribution in [1.29, 1.82) is 0 Å². The molecule has 1 N–H and O–H groups in total. The molecule has 0 spiro atoms. The summed E-state index contributed by atoms with van der Waals surface area (Å²) < 4.78 is 10.7. The zero-order valence-electron chi connectivity index (χ0n) is 45.6. The molecule has 5 heteroatoms. The van der Waals surface area contributed by atoms with Crippen molar-refractivity contribution in [2.24, 2.45) is 0 Å². The van der Waals surface area contributed by atoms with E-state index in [4.69, 9.17) is 9.47 Å². The summed E-state index contributed by atoms with van der Waals surface area (Å²) in [5, 5.41) is 9.67. The van der Waals surface area contributed by atoms with E-state index in [-0.39, 0.29) is 25.2 Å². The number of aliphatic hydroxyl groups is 1. The van der Waals surface area contributed by atoms with Crippen molar-refractivity contribution >= 4 is 11.9 Å². The van der Waals surface area contributed by atoms with Crippen molar-refractivity contribution in [3.05, 3.63) is 48.6 Å². The van der Waals surface area contributed by atoms with Crippen LogP contribution in [-0.4, -0.2) is 36.4 Å². The standard InChI is InChI=1S/C63H116O5/c1-3-5-7-9-11-13-15-17-19-21-23-25-27-28-29-30-31-32-33-34-36-38-40-42-44-46-48-50-52-54-56-58-63(66)68-61(59-64)60-67-62(65)57-55-53-51-49-47-45-43-41-39-37-35-26-24-22-20-18-16-14-12-10-8-6-4-2/h15,17,21-24,27-28,61,64H,3-14,16,18-20,25-26,29-60H2,1-2H3/b17-15-,23-21-,24-22-,28-27-. The molecule has 0 aliphatic rings. The molecule has 0 aromatic carbocycles. The van der Waals surface area contributed by atoms with E-state index >= 15 is 0 Å². The fourth-order valence-electron chi connectivity index (χ4n) is 9.03. The number of aliphatic hydroxyl groups excluding tert-OH is 1. The third-order valence-corrected chi connectivity index (χ3v) is 13.6. The summed E-state index contributed by atoms with van der Waals surface area (Å²) in [6.45, 7) is 4.17. The molecule has 0 aromatic rings. The highest BCUT2D eigenvalue weighted by molar-refractivity contribution is 5.70. The number of ether oxygens (including phenoxy) is 2. The van der Waals surface area contributed by atoms with Gasteiger partial charge in [-0.3, -0.25) is 9.59 Å². The highest BCUT2D eigenvalue weighted by Gasteiger charge is 2.16. The van der Waals surface area contributed by atoms with E-state index in [0.717, 1.165) is 51.4 Å². The van der Waals surface area contributed by atoms with Crippen molar-refractivity contribution < 1.29 is 24.2 Å². The second-order valence-corrected chi connectivity index (χ2v) is 20.4. The molecule has 68 heavy (non-hydrogen) atoms. The average molecular weight is 954 g/mol. The minimum atomic E-state index is -0.772. The van der Waals surface area contributed by atoms with E-state index in [9.17, 15) is 14.7 Å². The predicted octanol–water partition coefficient (Wildman–Crippen LogP) is 20.4. The largest absolute Gasteiger partial charge is 0.462 e. The number of hydrogen-bond donors (Lipinski definition) is 1. The van der Waals surface area contributed by atoms with Gasteiger partial charge in [0.15, 0.2) is 6.10 Å². The Bertz CT molecular complexity index is 1120. The summed E-state index contributed by atoms with van der Waals surface area (Å²) in [5.41, 5.74) is 0. The molecule has 0 radical (unpaired) electrons. The van der Waals surface area contributed by atoms with Crippen LogP contribution in [0.25, 0.3) is 0 Å². The zero-order chi connectivity index (χ0) is 49.2. The third kappa shape index (κ3) is 56.4. The topological polar surface area (TPSA) is 72.8 Å². The first-order valence-electron chi connectivity index (χ1n) is 30.2. The molecule has 0 fully saturated rings. The molecule has 0 saturated carbocycles. The molecule has 0 aliphatic heterocycles. The lowest BCUT2D eigenvalue weighted by Gasteiger charge is -2.15. The molecule has 0 rings (SSSR count). The monoisotopic (exact) mass is 953 g/mol. The summed E-state index contributed by atoms with van der Waals surface area (Å²) in [6.07, 6.45) is 78.1. The lowest BCUT2D eigenvalue weighted by molar-refractivity contribution is -0.161. The van der Waals surface area contributed by atoms with E-state index in [2.05, 4.69) is 62.5 Å². The lowest BCUT2D eigenvalue weighted by atomic mass is 10.0. The van der Waals surface area contributed by atoms with Crippen LogP contribution in [0.3, 0.4) is 0 Å². The number of carbonyl (C=O) groups excluding carboxylic acids is 2. The van der Waals surface area contributed by atoms with Crippen LogP contribution < -0.4 is 0 Å². The van der Waals surface area contributed by atoms with Gasteiger partial charge in [0.1, 0.15) is 6.61 Å². The Morgan fingerprint density at radius 2 is 0.588 bits per heavy atom. The Hall–Kier alpha value is -2.14.